The predicted octanol–water partition coefficient (Wildman–Crippen LogP) is 0.957. The van der Waals surface area contributed by atoms with Crippen LogP contribution in [0.4, 0.5) is 0 Å². The van der Waals surface area contributed by atoms with Gasteiger partial charge >= 0.3 is 5.97 Å². The van der Waals surface area contributed by atoms with Gasteiger partial charge in [0.15, 0.2) is 6.10 Å². The van der Waals surface area contributed by atoms with E-state index in [1.54, 1.807) is 13.8 Å². The lowest BCUT2D eigenvalue weighted by molar-refractivity contribution is -0.155. The number of aliphatic hydroxyl groups is 1. The van der Waals surface area contributed by atoms with Gasteiger partial charge in [-0.25, -0.2) is 4.79 Å². The summed E-state index contributed by atoms with van der Waals surface area (Å²) in [7, 11) is 0. The summed E-state index contributed by atoms with van der Waals surface area (Å²) in [5.41, 5.74) is 0. The molecular weight excluding hydrogens is 144 g/mol. The van der Waals surface area contributed by atoms with Crippen molar-refractivity contribution in [1.29, 1.82) is 0 Å². The molecule has 0 radical (unpaired) electrons. The van der Waals surface area contributed by atoms with Gasteiger partial charge in [-0.2, -0.15) is 0 Å². The van der Waals surface area contributed by atoms with Crippen molar-refractivity contribution in [3.05, 3.63) is 0 Å². The third-order valence-electron chi connectivity index (χ3n) is 1.32. The zero-order chi connectivity index (χ0) is 8.85. The van der Waals surface area contributed by atoms with Crippen LogP contribution in [0.2, 0.25) is 0 Å². The number of rotatable bonds is 4. The van der Waals surface area contributed by atoms with Crippen molar-refractivity contribution >= 4 is 5.97 Å². The normalized spacial score (nSPS) is 13.2. The quantitative estimate of drug-likeness (QED) is 0.623. The highest BCUT2D eigenvalue weighted by molar-refractivity contribution is 5.74. The van der Waals surface area contributed by atoms with E-state index < -0.39 is 12.1 Å². The lowest BCUT2D eigenvalue weighted by atomic mass is 10.1. The van der Waals surface area contributed by atoms with Gasteiger partial charge < -0.3 is 9.84 Å². The molecule has 0 bridgehead atoms. The molecule has 0 fully saturated rings. The third-order valence-corrected chi connectivity index (χ3v) is 1.32. The molecule has 0 amide bonds. The molecule has 0 aliphatic heterocycles. The van der Waals surface area contributed by atoms with E-state index in [1.807, 2.05) is 6.92 Å². The zero-order valence-corrected chi connectivity index (χ0v) is 7.33. The van der Waals surface area contributed by atoms with Gasteiger partial charge in [-0.05, 0) is 12.3 Å². The highest BCUT2D eigenvalue weighted by atomic mass is 16.5. The van der Waals surface area contributed by atoms with Crippen molar-refractivity contribution < 1.29 is 14.6 Å². The minimum absolute atomic E-state index is 0.0700. The van der Waals surface area contributed by atoms with Crippen molar-refractivity contribution in [2.45, 2.75) is 33.3 Å². The Bertz CT molecular complexity index is 121. The van der Waals surface area contributed by atoms with E-state index in [9.17, 15) is 4.79 Å². The van der Waals surface area contributed by atoms with Crippen molar-refractivity contribution in [1.82, 2.24) is 0 Å². The number of carbonyl (C=O) groups is 1. The number of carbonyl (C=O) groups excluding carboxylic acids is 1. The topological polar surface area (TPSA) is 46.5 Å². The maximum atomic E-state index is 10.9. The van der Waals surface area contributed by atoms with Crippen LogP contribution in [0.5, 0.6) is 0 Å². The maximum absolute atomic E-state index is 10.9. The maximum Gasteiger partial charge on any atom is 0.335 e. The summed E-state index contributed by atoms with van der Waals surface area (Å²) in [6, 6.07) is 0. The molecule has 66 valence electrons. The first-order valence-electron chi connectivity index (χ1n) is 3.94. The Balaban J connectivity index is 3.64. The summed E-state index contributed by atoms with van der Waals surface area (Å²) in [6.07, 6.45) is -0.183. The molecule has 0 saturated carbocycles. The fourth-order valence-electron chi connectivity index (χ4n) is 0.560. The molecule has 0 aromatic heterocycles. The standard InChI is InChI=1S/C8H16O3/c1-4-5-11-8(10)7(9)6(2)3/h6-7,9H,4-5H2,1-3H3. The zero-order valence-electron chi connectivity index (χ0n) is 7.33. The summed E-state index contributed by atoms with van der Waals surface area (Å²) in [4.78, 5) is 10.9. The number of esters is 1. The molecule has 0 aromatic rings. The van der Waals surface area contributed by atoms with Gasteiger partial charge in [0, 0.05) is 0 Å². The largest absolute Gasteiger partial charge is 0.464 e. The molecule has 1 N–H and O–H groups in total. The molecule has 0 aliphatic carbocycles. The summed E-state index contributed by atoms with van der Waals surface area (Å²) < 4.78 is 4.73. The molecule has 11 heavy (non-hydrogen) atoms. The average molecular weight is 160 g/mol. The second-order valence-corrected chi connectivity index (χ2v) is 2.86. The summed E-state index contributed by atoms with van der Waals surface area (Å²) >= 11 is 0. The Morgan fingerprint density at radius 1 is 1.55 bits per heavy atom. The lowest BCUT2D eigenvalue weighted by Crippen LogP contribution is -2.28. The van der Waals surface area contributed by atoms with Gasteiger partial charge in [0.1, 0.15) is 0 Å². The highest BCUT2D eigenvalue weighted by Crippen LogP contribution is 2.02. The van der Waals surface area contributed by atoms with Gasteiger partial charge in [0.25, 0.3) is 0 Å². The van der Waals surface area contributed by atoms with Crippen LogP contribution in [0.1, 0.15) is 27.2 Å². The first-order valence-corrected chi connectivity index (χ1v) is 3.94. The second kappa shape index (κ2) is 5.13. The molecule has 3 heteroatoms. The van der Waals surface area contributed by atoms with E-state index in [0.717, 1.165) is 6.42 Å². The van der Waals surface area contributed by atoms with Crippen LogP contribution in [0.3, 0.4) is 0 Å². The molecule has 1 unspecified atom stereocenters. The van der Waals surface area contributed by atoms with Crippen LogP contribution in [0.15, 0.2) is 0 Å². The Morgan fingerprint density at radius 3 is 2.45 bits per heavy atom. The lowest BCUT2D eigenvalue weighted by Gasteiger charge is -2.12. The van der Waals surface area contributed by atoms with Gasteiger partial charge in [-0.3, -0.25) is 0 Å². The van der Waals surface area contributed by atoms with E-state index in [0.29, 0.717) is 6.61 Å². The van der Waals surface area contributed by atoms with Gasteiger partial charge in [0.2, 0.25) is 0 Å². The number of ether oxygens (including phenoxy) is 1. The van der Waals surface area contributed by atoms with Crippen molar-refractivity contribution in [3.63, 3.8) is 0 Å². The van der Waals surface area contributed by atoms with Crippen LogP contribution >= 0.6 is 0 Å². The SMILES string of the molecule is CCCOC(=O)C(O)C(C)C. The Labute approximate surface area is 67.4 Å². The highest BCUT2D eigenvalue weighted by Gasteiger charge is 2.19. The second-order valence-electron chi connectivity index (χ2n) is 2.86. The fourth-order valence-corrected chi connectivity index (χ4v) is 0.560. The predicted molar refractivity (Wildman–Crippen MR) is 42.1 cm³/mol. The molecule has 0 rings (SSSR count). The van der Waals surface area contributed by atoms with Gasteiger partial charge in [-0.15, -0.1) is 0 Å². The van der Waals surface area contributed by atoms with Crippen LogP contribution in [-0.2, 0) is 9.53 Å². The first-order chi connectivity index (χ1) is 5.09. The number of aliphatic hydroxyl groups excluding tert-OH is 1. The van der Waals surface area contributed by atoms with E-state index in [1.165, 1.54) is 0 Å². The Kier molecular flexibility index (Phi) is 4.86. The summed E-state index contributed by atoms with van der Waals surface area (Å²) in [5.74, 6) is -0.582. The molecule has 0 spiro atoms. The molecule has 0 heterocycles. The minimum Gasteiger partial charge on any atom is -0.464 e. The molecule has 1 atom stereocenters. The molecule has 3 nitrogen and oxygen atoms in total. The smallest absolute Gasteiger partial charge is 0.335 e. The van der Waals surface area contributed by atoms with Gasteiger partial charge in [0.05, 0.1) is 6.61 Å². The Hall–Kier alpha value is -0.570. The van der Waals surface area contributed by atoms with Crippen molar-refractivity contribution in [2.24, 2.45) is 5.92 Å². The molecule has 0 aromatic carbocycles. The number of hydrogen-bond donors (Lipinski definition) is 1. The first kappa shape index (κ1) is 10.4. The fraction of sp³-hybridized carbons (Fsp3) is 0.875. The Morgan fingerprint density at radius 2 is 2.09 bits per heavy atom. The molecule has 0 aliphatic rings. The summed E-state index contributed by atoms with van der Waals surface area (Å²) in [5, 5.41) is 9.15. The third kappa shape index (κ3) is 3.98. The van der Waals surface area contributed by atoms with Gasteiger partial charge in [-0.1, -0.05) is 20.8 Å². The van der Waals surface area contributed by atoms with Crippen LogP contribution in [0, 0.1) is 5.92 Å². The van der Waals surface area contributed by atoms with Crippen molar-refractivity contribution in [3.8, 4) is 0 Å². The average Bonchev–Trinajstić information content (AvgIpc) is 1.98. The van der Waals surface area contributed by atoms with E-state index in [4.69, 9.17) is 9.84 Å². The van der Waals surface area contributed by atoms with E-state index in [-0.39, 0.29) is 5.92 Å². The summed E-state index contributed by atoms with van der Waals surface area (Å²) in [6.45, 7) is 5.85. The number of hydrogen-bond acceptors (Lipinski definition) is 3. The monoisotopic (exact) mass is 160 g/mol. The molecular formula is C8H16O3. The van der Waals surface area contributed by atoms with E-state index >= 15 is 0 Å². The van der Waals surface area contributed by atoms with Crippen molar-refractivity contribution in [2.75, 3.05) is 6.61 Å². The van der Waals surface area contributed by atoms with Crippen LogP contribution in [-0.4, -0.2) is 23.8 Å². The molecule has 0 saturated heterocycles. The van der Waals surface area contributed by atoms with Crippen LogP contribution in [0.25, 0.3) is 0 Å². The van der Waals surface area contributed by atoms with Crippen LogP contribution < -0.4 is 0 Å². The minimum atomic E-state index is -0.971. The van der Waals surface area contributed by atoms with E-state index in [2.05, 4.69) is 0 Å².